The maximum Gasteiger partial charge on any atom is 0.146 e. The topological polar surface area (TPSA) is 26.8 Å². The van der Waals surface area contributed by atoms with Gasteiger partial charge in [-0.1, -0.05) is 13.8 Å². The van der Waals surface area contributed by atoms with Crippen molar-refractivity contribution in [2.45, 2.75) is 52.5 Å². The summed E-state index contributed by atoms with van der Waals surface area (Å²) in [5.41, 5.74) is 0. The van der Waals surface area contributed by atoms with Crippen molar-refractivity contribution < 1.29 is 4.79 Å². The van der Waals surface area contributed by atoms with Crippen LogP contribution in [-0.4, -0.2) is 78.9 Å². The van der Waals surface area contributed by atoms with Crippen molar-refractivity contribution in [2.24, 2.45) is 5.92 Å². The summed E-state index contributed by atoms with van der Waals surface area (Å²) in [6, 6.07) is 0.737. The van der Waals surface area contributed by atoms with Crippen molar-refractivity contribution in [2.75, 3.05) is 52.4 Å². The number of ketones is 1. The molecule has 0 aromatic rings. The van der Waals surface area contributed by atoms with E-state index < -0.39 is 0 Å². The zero-order valence-corrected chi connectivity index (χ0v) is 14.9. The largest absolute Gasteiger partial charge is 0.301 e. The number of hydrogen-bond acceptors (Lipinski definition) is 4. The molecule has 1 atom stereocenters. The Hall–Kier alpha value is -0.450. The lowest BCUT2D eigenvalue weighted by atomic mass is 9.95. The van der Waals surface area contributed by atoms with Crippen molar-refractivity contribution in [3.63, 3.8) is 0 Å². The Balaban J connectivity index is 1.64. The lowest BCUT2D eigenvalue weighted by molar-refractivity contribution is -0.120. The van der Waals surface area contributed by atoms with Gasteiger partial charge in [0.05, 0.1) is 6.54 Å². The molecule has 2 aliphatic rings. The third kappa shape index (κ3) is 5.32. The molecule has 0 bridgehead atoms. The molecular formula is C18H35N3O. The Labute approximate surface area is 136 Å². The van der Waals surface area contributed by atoms with E-state index >= 15 is 0 Å². The van der Waals surface area contributed by atoms with E-state index in [1.807, 2.05) is 6.92 Å². The molecule has 128 valence electrons. The maximum atomic E-state index is 11.5. The Bertz CT molecular complexity index is 331. The second-order valence-electron chi connectivity index (χ2n) is 7.21. The summed E-state index contributed by atoms with van der Waals surface area (Å²) in [6.45, 7) is 15.7. The molecule has 2 heterocycles. The molecule has 0 radical (unpaired) electrons. The molecule has 1 unspecified atom stereocenters. The lowest BCUT2D eigenvalue weighted by Gasteiger charge is -2.40. The van der Waals surface area contributed by atoms with Crippen LogP contribution in [0.5, 0.6) is 0 Å². The summed E-state index contributed by atoms with van der Waals surface area (Å²) >= 11 is 0. The molecule has 2 saturated heterocycles. The molecule has 2 rings (SSSR count). The Kier molecular flexibility index (Phi) is 7.32. The molecule has 0 aromatic heterocycles. The summed E-state index contributed by atoms with van der Waals surface area (Å²) in [5.74, 6) is 1.22. The van der Waals surface area contributed by atoms with E-state index in [2.05, 4.69) is 28.5 Å². The van der Waals surface area contributed by atoms with E-state index in [9.17, 15) is 4.79 Å². The minimum absolute atomic E-state index is 0.389. The van der Waals surface area contributed by atoms with E-state index in [-0.39, 0.29) is 0 Å². The summed E-state index contributed by atoms with van der Waals surface area (Å²) in [7, 11) is 0. The number of Topliss-reactive ketones (excluding diaryl/α,β-unsaturated/α-hetero) is 1. The van der Waals surface area contributed by atoms with Gasteiger partial charge in [-0.2, -0.15) is 0 Å². The van der Waals surface area contributed by atoms with Crippen LogP contribution in [0, 0.1) is 5.92 Å². The van der Waals surface area contributed by atoms with Gasteiger partial charge in [-0.25, -0.2) is 0 Å². The molecule has 22 heavy (non-hydrogen) atoms. The van der Waals surface area contributed by atoms with Gasteiger partial charge in [0.1, 0.15) is 5.78 Å². The fourth-order valence-electron chi connectivity index (χ4n) is 3.70. The van der Waals surface area contributed by atoms with E-state index in [1.165, 1.54) is 52.0 Å². The molecule has 0 N–H and O–H groups in total. The van der Waals surface area contributed by atoms with Crippen LogP contribution >= 0.6 is 0 Å². The van der Waals surface area contributed by atoms with E-state index in [4.69, 9.17) is 0 Å². The molecular weight excluding hydrogens is 274 g/mol. The number of piperazine rings is 1. The number of carbonyl (C=O) groups excluding carboxylic acids is 1. The van der Waals surface area contributed by atoms with Gasteiger partial charge < -0.3 is 4.90 Å². The monoisotopic (exact) mass is 309 g/mol. The second kappa shape index (κ2) is 8.99. The highest BCUT2D eigenvalue weighted by atomic mass is 16.1. The van der Waals surface area contributed by atoms with Crippen molar-refractivity contribution in [1.82, 2.24) is 14.7 Å². The quantitative estimate of drug-likeness (QED) is 0.719. The molecule has 4 heteroatoms. The van der Waals surface area contributed by atoms with Gasteiger partial charge in [-0.15, -0.1) is 0 Å². The first-order chi connectivity index (χ1) is 10.6. The number of hydrogen-bond donors (Lipinski definition) is 0. The SMILES string of the molecule is CCC(=O)CN1CCC(CN2CCN(C(C)CC)CC2)CC1. The second-order valence-corrected chi connectivity index (χ2v) is 7.21. The molecule has 0 saturated carbocycles. The highest BCUT2D eigenvalue weighted by molar-refractivity contribution is 5.80. The van der Waals surface area contributed by atoms with Gasteiger partial charge >= 0.3 is 0 Å². The van der Waals surface area contributed by atoms with Crippen LogP contribution in [-0.2, 0) is 4.79 Å². The normalized spacial score (nSPS) is 24.5. The van der Waals surface area contributed by atoms with Gasteiger partial charge in [0, 0.05) is 45.2 Å². The predicted molar refractivity (Wildman–Crippen MR) is 92.2 cm³/mol. The van der Waals surface area contributed by atoms with Crippen LogP contribution in [0.2, 0.25) is 0 Å². The highest BCUT2D eigenvalue weighted by Crippen LogP contribution is 2.19. The molecule has 0 aliphatic carbocycles. The van der Waals surface area contributed by atoms with Crippen LogP contribution in [0.25, 0.3) is 0 Å². The number of likely N-dealkylation sites (tertiary alicyclic amines) is 1. The zero-order chi connectivity index (χ0) is 15.9. The first-order valence-electron chi connectivity index (χ1n) is 9.32. The Morgan fingerprint density at radius 2 is 1.64 bits per heavy atom. The fourth-order valence-corrected chi connectivity index (χ4v) is 3.70. The number of carbonyl (C=O) groups is 1. The van der Waals surface area contributed by atoms with E-state index in [0.29, 0.717) is 18.7 Å². The average Bonchev–Trinajstić information content (AvgIpc) is 2.56. The Morgan fingerprint density at radius 3 is 2.18 bits per heavy atom. The smallest absolute Gasteiger partial charge is 0.146 e. The van der Waals surface area contributed by atoms with Crippen LogP contribution < -0.4 is 0 Å². The van der Waals surface area contributed by atoms with Crippen LogP contribution in [0.15, 0.2) is 0 Å². The van der Waals surface area contributed by atoms with Crippen molar-refractivity contribution in [3.05, 3.63) is 0 Å². The lowest BCUT2D eigenvalue weighted by Crippen LogP contribution is -2.51. The zero-order valence-electron chi connectivity index (χ0n) is 14.9. The maximum absolute atomic E-state index is 11.5. The van der Waals surface area contributed by atoms with Gasteiger partial charge in [-0.05, 0) is 45.2 Å². The third-order valence-corrected chi connectivity index (χ3v) is 5.64. The van der Waals surface area contributed by atoms with Gasteiger partial charge in [0.15, 0.2) is 0 Å². The molecule has 4 nitrogen and oxygen atoms in total. The molecule has 2 fully saturated rings. The molecule has 0 amide bonds. The molecule has 2 aliphatic heterocycles. The summed E-state index contributed by atoms with van der Waals surface area (Å²) < 4.78 is 0. The van der Waals surface area contributed by atoms with E-state index in [1.54, 1.807) is 0 Å². The van der Waals surface area contributed by atoms with Gasteiger partial charge in [-0.3, -0.25) is 14.6 Å². The standard InChI is InChI=1S/C18H35N3O/c1-4-16(3)21-12-10-20(11-13-21)14-17-6-8-19(9-7-17)15-18(22)5-2/h16-17H,4-15H2,1-3H3. The summed E-state index contributed by atoms with van der Waals surface area (Å²) in [5, 5.41) is 0. The third-order valence-electron chi connectivity index (χ3n) is 5.64. The number of piperidine rings is 1. The minimum Gasteiger partial charge on any atom is -0.301 e. The molecule has 0 aromatic carbocycles. The first-order valence-corrected chi connectivity index (χ1v) is 9.32. The van der Waals surface area contributed by atoms with Crippen LogP contribution in [0.4, 0.5) is 0 Å². The van der Waals surface area contributed by atoms with Crippen molar-refractivity contribution in [3.8, 4) is 0 Å². The van der Waals surface area contributed by atoms with Crippen LogP contribution in [0.1, 0.15) is 46.5 Å². The van der Waals surface area contributed by atoms with Crippen LogP contribution in [0.3, 0.4) is 0 Å². The Morgan fingerprint density at radius 1 is 1.00 bits per heavy atom. The van der Waals surface area contributed by atoms with Gasteiger partial charge in [0.2, 0.25) is 0 Å². The fraction of sp³-hybridized carbons (Fsp3) is 0.944. The summed E-state index contributed by atoms with van der Waals surface area (Å²) in [4.78, 5) is 19.2. The molecule has 0 spiro atoms. The highest BCUT2D eigenvalue weighted by Gasteiger charge is 2.25. The minimum atomic E-state index is 0.389. The van der Waals surface area contributed by atoms with E-state index in [0.717, 1.165) is 25.0 Å². The van der Waals surface area contributed by atoms with Crippen molar-refractivity contribution >= 4 is 5.78 Å². The number of nitrogens with zero attached hydrogens (tertiary/aromatic N) is 3. The summed E-state index contributed by atoms with van der Waals surface area (Å²) in [6.07, 6.45) is 4.47. The first kappa shape index (κ1) is 17.9. The number of rotatable bonds is 7. The van der Waals surface area contributed by atoms with Crippen molar-refractivity contribution in [1.29, 1.82) is 0 Å². The predicted octanol–water partition coefficient (Wildman–Crippen LogP) is 2.09. The van der Waals surface area contributed by atoms with Gasteiger partial charge in [0.25, 0.3) is 0 Å². The average molecular weight is 309 g/mol.